The normalized spacial score (nSPS) is 11.2. The minimum Gasteiger partial charge on any atom is -0.299 e. The molecule has 18 heavy (non-hydrogen) atoms. The van der Waals surface area contributed by atoms with Crippen molar-refractivity contribution in [3.63, 3.8) is 0 Å². The smallest absolute Gasteiger partial charge is 0.128 e. The Morgan fingerprint density at radius 1 is 1.11 bits per heavy atom. The van der Waals surface area contributed by atoms with Gasteiger partial charge in [-0.3, -0.25) is 4.90 Å². The van der Waals surface area contributed by atoms with Crippen LogP contribution in [0.3, 0.4) is 0 Å². The topological polar surface area (TPSA) is 3.24 Å². The molecule has 0 aliphatic rings. The van der Waals surface area contributed by atoms with E-state index in [0.717, 1.165) is 29.7 Å². The first kappa shape index (κ1) is 15.6. The van der Waals surface area contributed by atoms with Crippen molar-refractivity contribution in [1.82, 2.24) is 4.90 Å². The van der Waals surface area contributed by atoms with E-state index in [4.69, 9.17) is 0 Å². The van der Waals surface area contributed by atoms with Crippen LogP contribution in [0.5, 0.6) is 0 Å². The minimum absolute atomic E-state index is 0.109. The molecule has 0 aromatic heterocycles. The van der Waals surface area contributed by atoms with Crippen molar-refractivity contribution >= 4 is 15.9 Å². The Hall–Kier alpha value is -0.410. The van der Waals surface area contributed by atoms with Crippen LogP contribution in [-0.2, 0) is 6.54 Å². The van der Waals surface area contributed by atoms with Crippen LogP contribution in [0, 0.1) is 5.82 Å². The maximum absolute atomic E-state index is 13.8. The number of nitrogens with zero attached hydrogens (tertiary/aromatic N) is 1. The van der Waals surface area contributed by atoms with E-state index >= 15 is 0 Å². The molecule has 1 aromatic carbocycles. The number of rotatable bonds is 8. The van der Waals surface area contributed by atoms with Gasteiger partial charge in [-0.1, -0.05) is 48.7 Å². The number of benzene rings is 1. The quantitative estimate of drug-likeness (QED) is 0.653. The average molecular weight is 316 g/mol. The summed E-state index contributed by atoms with van der Waals surface area (Å²) in [4.78, 5) is 2.36. The van der Waals surface area contributed by atoms with Gasteiger partial charge in [0.05, 0.1) is 0 Å². The van der Waals surface area contributed by atoms with Gasteiger partial charge < -0.3 is 0 Å². The molecule has 0 N–H and O–H groups in total. The second kappa shape index (κ2) is 8.65. The predicted molar refractivity (Wildman–Crippen MR) is 79.2 cm³/mol. The third kappa shape index (κ3) is 5.49. The molecule has 0 unspecified atom stereocenters. The molecule has 0 aliphatic carbocycles. The van der Waals surface area contributed by atoms with Gasteiger partial charge in [-0.2, -0.15) is 0 Å². The Balaban J connectivity index is 2.62. The van der Waals surface area contributed by atoms with Crippen molar-refractivity contribution in [1.29, 1.82) is 0 Å². The molecular weight excluding hydrogens is 293 g/mol. The lowest BCUT2D eigenvalue weighted by Crippen LogP contribution is -2.26. The van der Waals surface area contributed by atoms with Crippen LogP contribution in [0.25, 0.3) is 0 Å². The summed E-state index contributed by atoms with van der Waals surface area (Å²) >= 11 is 3.29. The lowest BCUT2D eigenvalue weighted by atomic mass is 10.1. The molecular formula is C15H23BrFN. The number of halogens is 2. The number of hydrogen-bond acceptors (Lipinski definition) is 1. The average Bonchev–Trinajstić information content (AvgIpc) is 2.35. The highest BCUT2D eigenvalue weighted by atomic mass is 79.9. The van der Waals surface area contributed by atoms with E-state index in [9.17, 15) is 4.39 Å². The van der Waals surface area contributed by atoms with E-state index < -0.39 is 0 Å². The Morgan fingerprint density at radius 3 is 2.22 bits per heavy atom. The summed E-state index contributed by atoms with van der Waals surface area (Å²) in [6.07, 6.45) is 4.74. The second-order valence-electron chi connectivity index (χ2n) is 4.72. The molecule has 0 saturated carbocycles. The predicted octanol–water partition coefficient (Wildman–Crippen LogP) is 4.99. The van der Waals surface area contributed by atoms with Crippen LogP contribution in [0.15, 0.2) is 22.7 Å². The third-order valence-corrected chi connectivity index (χ3v) is 3.56. The maximum Gasteiger partial charge on any atom is 0.128 e. The molecule has 1 nitrogen and oxygen atoms in total. The molecule has 0 bridgehead atoms. The number of hydrogen-bond donors (Lipinski definition) is 0. The van der Waals surface area contributed by atoms with Gasteiger partial charge in [0, 0.05) is 16.6 Å². The van der Waals surface area contributed by atoms with Crippen LogP contribution < -0.4 is 0 Å². The highest BCUT2D eigenvalue weighted by Crippen LogP contribution is 2.17. The van der Waals surface area contributed by atoms with Gasteiger partial charge in [0.2, 0.25) is 0 Å². The first-order valence-electron chi connectivity index (χ1n) is 6.83. The third-order valence-electron chi connectivity index (χ3n) is 3.06. The van der Waals surface area contributed by atoms with Gasteiger partial charge >= 0.3 is 0 Å². The zero-order valence-electron chi connectivity index (χ0n) is 11.4. The molecule has 0 saturated heterocycles. The maximum atomic E-state index is 13.8. The Bertz CT molecular complexity index is 346. The summed E-state index contributed by atoms with van der Waals surface area (Å²) in [5.41, 5.74) is 0.797. The lowest BCUT2D eigenvalue weighted by Gasteiger charge is -2.22. The molecule has 0 atom stereocenters. The first-order chi connectivity index (χ1) is 8.67. The molecule has 0 radical (unpaired) electrons. The fourth-order valence-electron chi connectivity index (χ4n) is 1.92. The van der Waals surface area contributed by atoms with Gasteiger partial charge in [0.25, 0.3) is 0 Å². The van der Waals surface area contributed by atoms with Crippen LogP contribution in [0.2, 0.25) is 0 Å². The fourth-order valence-corrected chi connectivity index (χ4v) is 2.26. The van der Waals surface area contributed by atoms with E-state index in [1.54, 1.807) is 6.07 Å². The van der Waals surface area contributed by atoms with Crippen molar-refractivity contribution < 1.29 is 4.39 Å². The van der Waals surface area contributed by atoms with Crippen molar-refractivity contribution in [3.8, 4) is 0 Å². The van der Waals surface area contributed by atoms with E-state index in [2.05, 4.69) is 34.7 Å². The monoisotopic (exact) mass is 315 g/mol. The Morgan fingerprint density at radius 2 is 1.72 bits per heavy atom. The summed E-state index contributed by atoms with van der Waals surface area (Å²) < 4.78 is 14.6. The largest absolute Gasteiger partial charge is 0.299 e. The highest BCUT2D eigenvalue weighted by molar-refractivity contribution is 9.10. The standard InChI is InChI=1S/C15H23BrFN/c1-3-5-9-18(10-6-4-2)12-13-7-8-14(16)11-15(13)17/h7-8,11H,3-6,9-10,12H2,1-2H3. The van der Waals surface area contributed by atoms with Crippen molar-refractivity contribution in [2.24, 2.45) is 0 Å². The van der Waals surface area contributed by atoms with E-state index in [-0.39, 0.29) is 5.82 Å². The van der Waals surface area contributed by atoms with Crippen LogP contribution in [0.4, 0.5) is 4.39 Å². The van der Waals surface area contributed by atoms with Gasteiger partial charge in [0.15, 0.2) is 0 Å². The lowest BCUT2D eigenvalue weighted by molar-refractivity contribution is 0.253. The van der Waals surface area contributed by atoms with Crippen molar-refractivity contribution in [2.75, 3.05) is 13.1 Å². The first-order valence-corrected chi connectivity index (χ1v) is 7.63. The molecule has 1 aromatic rings. The van der Waals surface area contributed by atoms with E-state index in [0.29, 0.717) is 0 Å². The summed E-state index contributed by atoms with van der Waals surface area (Å²) in [5.74, 6) is -0.109. The van der Waals surface area contributed by atoms with Gasteiger partial charge in [-0.25, -0.2) is 4.39 Å². The molecule has 0 amide bonds. The summed E-state index contributed by atoms with van der Waals surface area (Å²) in [6.45, 7) is 7.23. The second-order valence-corrected chi connectivity index (χ2v) is 5.63. The molecule has 0 spiro atoms. The van der Waals surface area contributed by atoms with Crippen molar-refractivity contribution in [3.05, 3.63) is 34.1 Å². The summed E-state index contributed by atoms with van der Waals surface area (Å²) in [5, 5.41) is 0. The molecule has 0 heterocycles. The van der Waals surface area contributed by atoms with Gasteiger partial charge in [-0.15, -0.1) is 0 Å². The van der Waals surface area contributed by atoms with E-state index in [1.807, 2.05) is 12.1 Å². The Kier molecular flexibility index (Phi) is 7.52. The van der Waals surface area contributed by atoms with Crippen LogP contribution in [-0.4, -0.2) is 18.0 Å². The highest BCUT2D eigenvalue weighted by Gasteiger charge is 2.09. The molecule has 102 valence electrons. The van der Waals surface area contributed by atoms with Crippen molar-refractivity contribution in [2.45, 2.75) is 46.1 Å². The van der Waals surface area contributed by atoms with Gasteiger partial charge in [-0.05, 0) is 38.1 Å². The minimum atomic E-state index is -0.109. The van der Waals surface area contributed by atoms with Crippen LogP contribution in [0.1, 0.15) is 45.1 Å². The Labute approximate surface area is 119 Å². The summed E-state index contributed by atoms with van der Waals surface area (Å²) in [7, 11) is 0. The number of unbranched alkanes of at least 4 members (excludes halogenated alkanes) is 2. The molecule has 0 aliphatic heterocycles. The molecule has 0 fully saturated rings. The van der Waals surface area contributed by atoms with Crippen LogP contribution >= 0.6 is 15.9 Å². The molecule has 1 rings (SSSR count). The summed E-state index contributed by atoms with van der Waals surface area (Å²) in [6, 6.07) is 5.34. The zero-order valence-corrected chi connectivity index (χ0v) is 13.0. The fraction of sp³-hybridized carbons (Fsp3) is 0.600. The SMILES string of the molecule is CCCCN(CCCC)Cc1ccc(Br)cc1F. The zero-order chi connectivity index (χ0) is 13.4. The van der Waals surface area contributed by atoms with Gasteiger partial charge in [0.1, 0.15) is 5.82 Å². The molecule has 3 heteroatoms. The van der Waals surface area contributed by atoms with E-state index in [1.165, 1.54) is 25.7 Å².